The number of hydrogen-bond acceptors (Lipinski definition) is 7. The van der Waals surface area contributed by atoms with Crippen LogP contribution < -0.4 is 19.7 Å². The zero-order chi connectivity index (χ0) is 30.2. The van der Waals surface area contributed by atoms with Crippen molar-refractivity contribution in [2.75, 3.05) is 43.1 Å². The Morgan fingerprint density at radius 2 is 1.72 bits per heavy atom. The second kappa shape index (κ2) is 14.6. The van der Waals surface area contributed by atoms with E-state index >= 15 is 0 Å². The van der Waals surface area contributed by atoms with Crippen LogP contribution in [-0.4, -0.2) is 54.7 Å². The largest absolute Gasteiger partial charge is 0.490 e. The standard InChI is InChI=1S/C33H35BrN4O4S/c1-3-38-32(40)30(43-33(38)36-25-13-15-26(16-14-25)37-17-9-6-10-18-37)20-23-19-28(41-4-2)29(21-27(23)34)42-22-31(39)35-24-11-7-5-8-12-24/h5,7-8,11-16,19-21H,3-4,6,9-10,17-18,22H2,1-2H3,(H,35,39)/b30-20-,36-33?. The summed E-state index contributed by atoms with van der Waals surface area (Å²) in [7, 11) is 0. The SMILES string of the molecule is CCOc1cc(/C=C2\SC(=Nc3ccc(N4CCCCC4)cc3)N(CC)C2=O)c(Br)cc1OCC(=O)Nc1ccccc1. The average molecular weight is 664 g/mol. The van der Waals surface area contributed by atoms with Gasteiger partial charge in [0.15, 0.2) is 23.3 Å². The number of ether oxygens (including phenoxy) is 2. The van der Waals surface area contributed by atoms with E-state index in [-0.39, 0.29) is 18.4 Å². The summed E-state index contributed by atoms with van der Waals surface area (Å²) in [5, 5.41) is 3.46. The number of amides is 2. The van der Waals surface area contributed by atoms with Gasteiger partial charge in [0.25, 0.3) is 11.8 Å². The highest BCUT2D eigenvalue weighted by atomic mass is 79.9. The van der Waals surface area contributed by atoms with Crippen molar-refractivity contribution in [3.8, 4) is 11.5 Å². The Morgan fingerprint density at radius 1 is 1.00 bits per heavy atom. The number of nitrogens with one attached hydrogen (secondary N) is 1. The molecule has 43 heavy (non-hydrogen) atoms. The molecule has 2 saturated heterocycles. The second-order valence-corrected chi connectivity index (χ2v) is 11.9. The van der Waals surface area contributed by atoms with E-state index in [0.717, 1.165) is 24.3 Å². The van der Waals surface area contributed by atoms with Gasteiger partial charge >= 0.3 is 0 Å². The predicted octanol–water partition coefficient (Wildman–Crippen LogP) is 7.48. The molecule has 0 atom stereocenters. The van der Waals surface area contributed by atoms with Gasteiger partial charge in [-0.3, -0.25) is 14.5 Å². The Morgan fingerprint density at radius 3 is 2.42 bits per heavy atom. The summed E-state index contributed by atoms with van der Waals surface area (Å²) in [6.07, 6.45) is 5.59. The third-order valence-corrected chi connectivity index (χ3v) is 8.76. The summed E-state index contributed by atoms with van der Waals surface area (Å²) in [6.45, 7) is 6.75. The van der Waals surface area contributed by atoms with Crippen LogP contribution in [0.1, 0.15) is 38.7 Å². The molecule has 1 N–H and O–H groups in total. The quantitative estimate of drug-likeness (QED) is 0.227. The monoisotopic (exact) mass is 662 g/mol. The highest BCUT2D eigenvalue weighted by Crippen LogP contribution is 2.39. The van der Waals surface area contributed by atoms with E-state index in [2.05, 4.69) is 38.3 Å². The molecular weight excluding hydrogens is 628 g/mol. The van der Waals surface area contributed by atoms with Crippen LogP contribution in [0.3, 0.4) is 0 Å². The van der Waals surface area contributed by atoms with Gasteiger partial charge in [0.05, 0.1) is 17.2 Å². The third-order valence-electron chi connectivity index (χ3n) is 7.07. The summed E-state index contributed by atoms with van der Waals surface area (Å²) >= 11 is 4.96. The van der Waals surface area contributed by atoms with Crippen molar-refractivity contribution in [1.82, 2.24) is 4.90 Å². The zero-order valence-electron chi connectivity index (χ0n) is 24.3. The Balaban J connectivity index is 1.32. The van der Waals surface area contributed by atoms with Crippen LogP contribution in [0.2, 0.25) is 0 Å². The number of anilines is 2. The summed E-state index contributed by atoms with van der Waals surface area (Å²) in [4.78, 5) is 35.3. The van der Waals surface area contributed by atoms with Gasteiger partial charge in [-0.15, -0.1) is 0 Å². The molecule has 0 spiro atoms. The predicted molar refractivity (Wildman–Crippen MR) is 178 cm³/mol. The Labute approximate surface area is 265 Å². The molecule has 3 aromatic rings. The molecule has 0 aromatic heterocycles. The maximum atomic E-state index is 13.4. The Hall–Kier alpha value is -3.76. The number of hydrogen-bond donors (Lipinski definition) is 1. The molecule has 224 valence electrons. The van der Waals surface area contributed by atoms with Crippen LogP contribution in [-0.2, 0) is 9.59 Å². The molecule has 8 nitrogen and oxygen atoms in total. The number of carbonyl (C=O) groups excluding carboxylic acids is 2. The normalized spacial score (nSPS) is 17.0. The molecule has 2 aliphatic rings. The van der Waals surface area contributed by atoms with Crippen molar-refractivity contribution in [2.24, 2.45) is 4.99 Å². The smallest absolute Gasteiger partial charge is 0.266 e. The minimum absolute atomic E-state index is 0.0982. The fourth-order valence-electron chi connectivity index (χ4n) is 4.92. The molecule has 2 amide bonds. The molecule has 2 aliphatic heterocycles. The van der Waals surface area contributed by atoms with Crippen LogP contribution in [0.4, 0.5) is 17.1 Å². The van der Waals surface area contributed by atoms with Gasteiger partial charge in [0, 0.05) is 35.5 Å². The summed E-state index contributed by atoms with van der Waals surface area (Å²) in [5.41, 5.74) is 3.48. The summed E-state index contributed by atoms with van der Waals surface area (Å²) in [5.74, 6) is 0.529. The second-order valence-electron chi connectivity index (χ2n) is 10.1. The number of nitrogens with zero attached hydrogens (tertiary/aromatic N) is 3. The number of rotatable bonds is 10. The molecule has 0 saturated carbocycles. The van der Waals surface area contributed by atoms with E-state index < -0.39 is 0 Å². The maximum Gasteiger partial charge on any atom is 0.266 e. The van der Waals surface area contributed by atoms with Crippen LogP contribution in [0.5, 0.6) is 11.5 Å². The number of amidine groups is 1. The van der Waals surface area contributed by atoms with Gasteiger partial charge in [-0.2, -0.15) is 0 Å². The molecular formula is C33H35BrN4O4S. The fourth-order valence-corrected chi connectivity index (χ4v) is 6.41. The molecule has 2 fully saturated rings. The van der Waals surface area contributed by atoms with Crippen molar-refractivity contribution >= 4 is 67.8 Å². The maximum absolute atomic E-state index is 13.4. The van der Waals surface area contributed by atoms with Crippen LogP contribution in [0, 0.1) is 0 Å². The van der Waals surface area contributed by atoms with E-state index in [1.807, 2.05) is 68.5 Å². The fraction of sp³-hybridized carbons (Fsp3) is 0.303. The van der Waals surface area contributed by atoms with E-state index in [1.54, 1.807) is 11.0 Å². The van der Waals surface area contributed by atoms with Crippen molar-refractivity contribution in [2.45, 2.75) is 33.1 Å². The van der Waals surface area contributed by atoms with E-state index in [9.17, 15) is 9.59 Å². The van der Waals surface area contributed by atoms with Crippen molar-refractivity contribution in [1.29, 1.82) is 0 Å². The number of thioether (sulfide) groups is 1. The number of benzene rings is 3. The number of piperidine rings is 1. The highest BCUT2D eigenvalue weighted by Gasteiger charge is 2.32. The lowest BCUT2D eigenvalue weighted by Gasteiger charge is -2.28. The molecule has 10 heteroatoms. The zero-order valence-corrected chi connectivity index (χ0v) is 26.7. The average Bonchev–Trinajstić information content (AvgIpc) is 3.32. The lowest BCUT2D eigenvalue weighted by molar-refractivity contribution is -0.122. The van der Waals surface area contributed by atoms with Crippen LogP contribution in [0.15, 0.2) is 81.1 Å². The topological polar surface area (TPSA) is 83.5 Å². The molecule has 2 heterocycles. The van der Waals surface area contributed by atoms with Gasteiger partial charge in [-0.05, 0) is 105 Å². The Bertz CT molecular complexity index is 1510. The van der Waals surface area contributed by atoms with Gasteiger partial charge < -0.3 is 19.7 Å². The molecule has 5 rings (SSSR count). The molecule has 3 aromatic carbocycles. The van der Waals surface area contributed by atoms with Gasteiger partial charge in [0.1, 0.15) is 0 Å². The number of carbonyl (C=O) groups is 2. The number of likely N-dealkylation sites (N-methyl/N-ethyl adjacent to an activating group) is 1. The van der Waals surface area contributed by atoms with Gasteiger partial charge in [-0.1, -0.05) is 34.1 Å². The van der Waals surface area contributed by atoms with Crippen molar-refractivity contribution in [3.63, 3.8) is 0 Å². The molecule has 0 unspecified atom stereocenters. The lowest BCUT2D eigenvalue weighted by atomic mass is 10.1. The lowest BCUT2D eigenvalue weighted by Crippen LogP contribution is -2.29. The van der Waals surface area contributed by atoms with Gasteiger partial charge in [0.2, 0.25) is 0 Å². The minimum Gasteiger partial charge on any atom is -0.490 e. The first-order valence-corrected chi connectivity index (χ1v) is 16.1. The first-order chi connectivity index (χ1) is 20.9. The van der Waals surface area contributed by atoms with E-state index in [0.29, 0.717) is 44.9 Å². The number of para-hydroxylation sites is 1. The number of halogens is 1. The number of aliphatic imine (C=N–C) groups is 1. The minimum atomic E-state index is -0.281. The molecule has 0 bridgehead atoms. The van der Waals surface area contributed by atoms with E-state index in [1.165, 1.54) is 36.7 Å². The van der Waals surface area contributed by atoms with Crippen molar-refractivity contribution < 1.29 is 19.1 Å². The van der Waals surface area contributed by atoms with E-state index in [4.69, 9.17) is 14.5 Å². The third kappa shape index (κ3) is 7.80. The first-order valence-electron chi connectivity index (χ1n) is 14.5. The Kier molecular flexibility index (Phi) is 10.4. The van der Waals surface area contributed by atoms with Gasteiger partial charge in [-0.25, -0.2) is 4.99 Å². The molecule has 0 radical (unpaired) electrons. The summed E-state index contributed by atoms with van der Waals surface area (Å²) < 4.78 is 12.4. The first kappa shape index (κ1) is 30.7. The molecule has 0 aliphatic carbocycles. The highest BCUT2D eigenvalue weighted by molar-refractivity contribution is 9.10. The van der Waals surface area contributed by atoms with Crippen LogP contribution in [0.25, 0.3) is 6.08 Å². The summed E-state index contributed by atoms with van der Waals surface area (Å²) in [6, 6.07) is 21.0. The van der Waals surface area contributed by atoms with Crippen molar-refractivity contribution in [3.05, 3.63) is 81.7 Å². The van der Waals surface area contributed by atoms with Crippen LogP contribution >= 0.6 is 27.7 Å².